The monoisotopic (exact) mass is 261 g/mol. The van der Waals surface area contributed by atoms with E-state index in [1.807, 2.05) is 12.1 Å². The summed E-state index contributed by atoms with van der Waals surface area (Å²) in [6, 6.07) is 11.7. The largest absolute Gasteiger partial charge is 0.496 e. The van der Waals surface area contributed by atoms with E-state index in [1.165, 1.54) is 12.1 Å². The van der Waals surface area contributed by atoms with Crippen LogP contribution in [-0.4, -0.2) is 13.7 Å². The molecule has 0 heterocycles. The predicted molar refractivity (Wildman–Crippen MR) is 73.0 cm³/mol. The van der Waals surface area contributed by atoms with Crippen LogP contribution in [0, 0.1) is 5.82 Å². The van der Waals surface area contributed by atoms with Crippen molar-refractivity contribution in [3.8, 4) is 11.5 Å². The number of nitrogens with two attached hydrogens (primary N) is 1. The lowest BCUT2D eigenvalue weighted by atomic mass is 10.1. The van der Waals surface area contributed by atoms with Crippen LogP contribution in [0.1, 0.15) is 5.56 Å². The Morgan fingerprint density at radius 1 is 1.11 bits per heavy atom. The molecule has 0 bridgehead atoms. The molecule has 100 valence electrons. The molecular weight excluding hydrogens is 245 g/mol. The fourth-order valence-corrected chi connectivity index (χ4v) is 1.83. The quantitative estimate of drug-likeness (QED) is 0.841. The maximum absolute atomic E-state index is 13.2. The van der Waals surface area contributed by atoms with Gasteiger partial charge in [-0.1, -0.05) is 12.1 Å². The fourth-order valence-electron chi connectivity index (χ4n) is 1.83. The third-order valence-corrected chi connectivity index (χ3v) is 2.79. The van der Waals surface area contributed by atoms with Crippen LogP contribution in [0.3, 0.4) is 0 Å². The van der Waals surface area contributed by atoms with E-state index < -0.39 is 0 Å². The molecule has 0 aliphatic carbocycles. The Labute approximate surface area is 111 Å². The summed E-state index contributed by atoms with van der Waals surface area (Å²) >= 11 is 0. The highest BCUT2D eigenvalue weighted by atomic mass is 19.1. The highest BCUT2D eigenvalue weighted by molar-refractivity contribution is 5.51. The van der Waals surface area contributed by atoms with E-state index in [2.05, 4.69) is 0 Å². The normalized spacial score (nSPS) is 10.2. The maximum atomic E-state index is 13.2. The number of hydrogen-bond acceptors (Lipinski definition) is 3. The van der Waals surface area contributed by atoms with E-state index in [0.29, 0.717) is 30.2 Å². The summed E-state index contributed by atoms with van der Waals surface area (Å²) in [7, 11) is 1.56. The number of halogens is 1. The number of ether oxygens (including phenoxy) is 2. The summed E-state index contributed by atoms with van der Waals surface area (Å²) in [5, 5.41) is 0. The zero-order valence-corrected chi connectivity index (χ0v) is 10.7. The van der Waals surface area contributed by atoms with Crippen LogP contribution >= 0.6 is 0 Å². The fraction of sp³-hybridized carbons (Fsp3) is 0.200. The Morgan fingerprint density at radius 3 is 2.63 bits per heavy atom. The first-order valence-electron chi connectivity index (χ1n) is 6.00. The molecule has 2 aromatic rings. The third-order valence-electron chi connectivity index (χ3n) is 2.79. The van der Waals surface area contributed by atoms with E-state index in [1.54, 1.807) is 25.3 Å². The molecule has 19 heavy (non-hydrogen) atoms. The van der Waals surface area contributed by atoms with Gasteiger partial charge in [0.1, 0.15) is 17.3 Å². The van der Waals surface area contributed by atoms with Crippen molar-refractivity contribution in [1.82, 2.24) is 0 Å². The van der Waals surface area contributed by atoms with Crippen LogP contribution in [0.4, 0.5) is 10.1 Å². The van der Waals surface area contributed by atoms with Crippen molar-refractivity contribution >= 4 is 5.69 Å². The number of nitrogen functional groups attached to an aromatic ring is 1. The van der Waals surface area contributed by atoms with Gasteiger partial charge in [-0.25, -0.2) is 4.39 Å². The molecule has 0 saturated carbocycles. The number of rotatable bonds is 5. The number of hydrogen-bond donors (Lipinski definition) is 1. The first-order chi connectivity index (χ1) is 9.20. The van der Waals surface area contributed by atoms with Crippen LogP contribution in [0.2, 0.25) is 0 Å². The van der Waals surface area contributed by atoms with E-state index in [9.17, 15) is 4.39 Å². The molecule has 2 aromatic carbocycles. The molecule has 0 radical (unpaired) electrons. The van der Waals surface area contributed by atoms with Crippen molar-refractivity contribution in [2.24, 2.45) is 0 Å². The standard InChI is InChI=1S/C15H16FNO2/c1-18-14-7-6-12(16)10-11(14)8-9-19-15-5-3-2-4-13(15)17/h2-7,10H,8-9,17H2,1H3. The Balaban J connectivity index is 2.00. The Bertz CT molecular complexity index is 558. The zero-order chi connectivity index (χ0) is 13.7. The summed E-state index contributed by atoms with van der Waals surface area (Å²) in [6.45, 7) is 0.411. The molecule has 2 rings (SSSR count). The highest BCUT2D eigenvalue weighted by Crippen LogP contribution is 2.22. The Kier molecular flexibility index (Phi) is 4.23. The predicted octanol–water partition coefficient (Wildman–Crippen LogP) is 3.04. The molecule has 0 spiro atoms. The lowest BCUT2D eigenvalue weighted by Crippen LogP contribution is -2.04. The summed E-state index contributed by atoms with van der Waals surface area (Å²) < 4.78 is 23.9. The van der Waals surface area contributed by atoms with Gasteiger partial charge in [-0.15, -0.1) is 0 Å². The van der Waals surface area contributed by atoms with Gasteiger partial charge in [0.05, 0.1) is 19.4 Å². The smallest absolute Gasteiger partial charge is 0.142 e. The summed E-state index contributed by atoms with van der Waals surface area (Å²) in [4.78, 5) is 0. The molecule has 0 saturated heterocycles. The Hall–Kier alpha value is -2.23. The molecular formula is C15H16FNO2. The van der Waals surface area contributed by atoms with Crippen LogP contribution < -0.4 is 15.2 Å². The minimum atomic E-state index is -0.282. The molecule has 4 heteroatoms. The van der Waals surface area contributed by atoms with Gasteiger partial charge in [0, 0.05) is 12.0 Å². The number of anilines is 1. The van der Waals surface area contributed by atoms with Gasteiger partial charge in [-0.3, -0.25) is 0 Å². The summed E-state index contributed by atoms with van der Waals surface area (Å²) in [6.07, 6.45) is 0.551. The van der Waals surface area contributed by atoms with Gasteiger partial charge in [0.25, 0.3) is 0 Å². The third kappa shape index (κ3) is 3.37. The number of para-hydroxylation sites is 2. The molecule has 0 amide bonds. The average Bonchev–Trinajstić information content (AvgIpc) is 2.41. The molecule has 0 aliphatic rings. The van der Waals surface area contributed by atoms with Crippen molar-refractivity contribution in [2.75, 3.05) is 19.5 Å². The first kappa shape index (κ1) is 13.2. The summed E-state index contributed by atoms with van der Waals surface area (Å²) in [5.74, 6) is 1.01. The van der Waals surface area contributed by atoms with Crippen molar-refractivity contribution in [3.05, 3.63) is 53.8 Å². The van der Waals surface area contributed by atoms with Crippen LogP contribution in [0.25, 0.3) is 0 Å². The topological polar surface area (TPSA) is 44.5 Å². The molecule has 0 aliphatic heterocycles. The molecule has 3 nitrogen and oxygen atoms in total. The second-order valence-corrected chi connectivity index (χ2v) is 4.09. The summed E-state index contributed by atoms with van der Waals surface area (Å²) in [5.41, 5.74) is 7.14. The molecule has 0 atom stereocenters. The Morgan fingerprint density at radius 2 is 1.89 bits per heavy atom. The number of methoxy groups -OCH3 is 1. The highest BCUT2D eigenvalue weighted by Gasteiger charge is 2.05. The SMILES string of the molecule is COc1ccc(F)cc1CCOc1ccccc1N. The lowest BCUT2D eigenvalue weighted by Gasteiger charge is -2.11. The second-order valence-electron chi connectivity index (χ2n) is 4.09. The van der Waals surface area contributed by atoms with Gasteiger partial charge in [0.2, 0.25) is 0 Å². The molecule has 2 N–H and O–H groups in total. The van der Waals surface area contributed by atoms with Gasteiger partial charge >= 0.3 is 0 Å². The van der Waals surface area contributed by atoms with Crippen LogP contribution in [0.5, 0.6) is 11.5 Å². The minimum Gasteiger partial charge on any atom is -0.496 e. The maximum Gasteiger partial charge on any atom is 0.142 e. The van der Waals surface area contributed by atoms with Gasteiger partial charge in [-0.2, -0.15) is 0 Å². The van der Waals surface area contributed by atoms with Gasteiger partial charge in [-0.05, 0) is 30.3 Å². The van der Waals surface area contributed by atoms with Crippen molar-refractivity contribution in [1.29, 1.82) is 0 Å². The van der Waals surface area contributed by atoms with E-state index in [4.69, 9.17) is 15.2 Å². The molecule has 0 unspecified atom stereocenters. The average molecular weight is 261 g/mol. The lowest BCUT2D eigenvalue weighted by molar-refractivity contribution is 0.319. The van der Waals surface area contributed by atoms with Gasteiger partial charge < -0.3 is 15.2 Å². The minimum absolute atomic E-state index is 0.282. The van der Waals surface area contributed by atoms with E-state index in [0.717, 1.165) is 5.56 Å². The van der Waals surface area contributed by atoms with Crippen molar-refractivity contribution < 1.29 is 13.9 Å². The van der Waals surface area contributed by atoms with Crippen LogP contribution in [0.15, 0.2) is 42.5 Å². The van der Waals surface area contributed by atoms with E-state index in [-0.39, 0.29) is 5.82 Å². The second kappa shape index (κ2) is 6.09. The van der Waals surface area contributed by atoms with Gasteiger partial charge in [0.15, 0.2) is 0 Å². The first-order valence-corrected chi connectivity index (χ1v) is 6.00. The zero-order valence-electron chi connectivity index (χ0n) is 10.7. The van der Waals surface area contributed by atoms with Crippen molar-refractivity contribution in [3.63, 3.8) is 0 Å². The molecule has 0 aromatic heterocycles. The van der Waals surface area contributed by atoms with E-state index >= 15 is 0 Å². The number of benzene rings is 2. The molecule has 0 fully saturated rings. The van der Waals surface area contributed by atoms with Crippen LogP contribution in [-0.2, 0) is 6.42 Å². The van der Waals surface area contributed by atoms with Crippen molar-refractivity contribution in [2.45, 2.75) is 6.42 Å².